The topological polar surface area (TPSA) is 90.4 Å². The molecule has 1 aromatic carbocycles. The van der Waals surface area contributed by atoms with E-state index in [1.54, 1.807) is 39.5 Å². The van der Waals surface area contributed by atoms with E-state index in [2.05, 4.69) is 20.1 Å². The summed E-state index contributed by atoms with van der Waals surface area (Å²) < 4.78 is 18.1. The number of hydrogen-bond acceptors (Lipinski definition) is 5. The van der Waals surface area contributed by atoms with Crippen LogP contribution < -0.4 is 19.5 Å². The number of aromatic amines is 1. The van der Waals surface area contributed by atoms with Crippen molar-refractivity contribution >= 4 is 5.91 Å². The van der Waals surface area contributed by atoms with Crippen molar-refractivity contribution in [1.29, 1.82) is 0 Å². The molecule has 2 aromatic heterocycles. The molecule has 0 aliphatic carbocycles. The molecule has 8 nitrogen and oxygen atoms in total. The van der Waals surface area contributed by atoms with Gasteiger partial charge < -0.3 is 24.1 Å². The van der Waals surface area contributed by atoms with Crippen molar-refractivity contribution < 1.29 is 19.0 Å². The van der Waals surface area contributed by atoms with Crippen LogP contribution in [0.3, 0.4) is 0 Å². The third-order valence-corrected chi connectivity index (χ3v) is 4.33. The number of carbonyl (C=O) groups excluding carboxylic acids is 1. The van der Waals surface area contributed by atoms with Crippen molar-refractivity contribution in [3.8, 4) is 28.5 Å². The number of amides is 1. The van der Waals surface area contributed by atoms with E-state index >= 15 is 0 Å². The number of nitrogens with one attached hydrogen (secondary N) is 2. The lowest BCUT2D eigenvalue weighted by Crippen LogP contribution is -2.25. The first-order valence-electron chi connectivity index (χ1n) is 8.91. The molecular formula is C20H24N4O4. The monoisotopic (exact) mass is 384 g/mol. The molecule has 148 valence electrons. The molecule has 3 aromatic rings. The molecule has 0 radical (unpaired) electrons. The van der Waals surface area contributed by atoms with Crippen LogP contribution >= 0.6 is 0 Å². The van der Waals surface area contributed by atoms with E-state index in [4.69, 9.17) is 14.2 Å². The van der Waals surface area contributed by atoms with Crippen molar-refractivity contribution in [2.75, 3.05) is 27.9 Å². The van der Waals surface area contributed by atoms with Crippen molar-refractivity contribution in [3.05, 3.63) is 48.4 Å². The molecule has 3 rings (SSSR count). The number of nitrogens with zero attached hydrogens (tertiary/aromatic N) is 2. The average Bonchev–Trinajstić information content (AvgIpc) is 3.42. The Bertz CT molecular complexity index is 893. The third-order valence-electron chi connectivity index (χ3n) is 4.33. The smallest absolute Gasteiger partial charge is 0.269 e. The summed E-state index contributed by atoms with van der Waals surface area (Å²) in [5.41, 5.74) is 1.75. The van der Waals surface area contributed by atoms with Crippen LogP contribution in [0.2, 0.25) is 0 Å². The van der Waals surface area contributed by atoms with Gasteiger partial charge in [0.15, 0.2) is 11.5 Å². The maximum absolute atomic E-state index is 12.3. The molecule has 0 atom stereocenters. The second-order valence-electron chi connectivity index (χ2n) is 6.11. The Morgan fingerprint density at radius 2 is 1.75 bits per heavy atom. The van der Waals surface area contributed by atoms with Gasteiger partial charge in [-0.1, -0.05) is 0 Å². The highest BCUT2D eigenvalue weighted by Crippen LogP contribution is 2.40. The number of benzene rings is 1. The molecule has 0 fully saturated rings. The molecule has 0 spiro atoms. The van der Waals surface area contributed by atoms with E-state index in [-0.39, 0.29) is 5.91 Å². The largest absolute Gasteiger partial charge is 0.493 e. The first-order chi connectivity index (χ1) is 13.7. The summed E-state index contributed by atoms with van der Waals surface area (Å²) in [7, 11) is 4.66. The maximum atomic E-state index is 12.3. The lowest BCUT2D eigenvalue weighted by Gasteiger charge is -2.13. The first-order valence-corrected chi connectivity index (χ1v) is 8.91. The fourth-order valence-corrected chi connectivity index (χ4v) is 2.89. The number of aromatic nitrogens is 3. The molecule has 0 unspecified atom stereocenters. The molecule has 1 amide bonds. The van der Waals surface area contributed by atoms with Crippen LogP contribution in [0.4, 0.5) is 0 Å². The minimum absolute atomic E-state index is 0.196. The SMILES string of the molecule is COc1cc(-c2cc(C(=O)NCCCn3cccc3)[nH]n2)cc(OC)c1OC. The quantitative estimate of drug-likeness (QED) is 0.554. The minimum atomic E-state index is -0.196. The average molecular weight is 384 g/mol. The van der Waals surface area contributed by atoms with Gasteiger partial charge in [0.1, 0.15) is 5.69 Å². The zero-order valence-corrected chi connectivity index (χ0v) is 16.2. The summed E-state index contributed by atoms with van der Waals surface area (Å²) >= 11 is 0. The number of hydrogen-bond donors (Lipinski definition) is 2. The van der Waals surface area contributed by atoms with Gasteiger partial charge in [-0.15, -0.1) is 0 Å². The van der Waals surface area contributed by atoms with Gasteiger partial charge in [-0.2, -0.15) is 5.10 Å². The van der Waals surface area contributed by atoms with Gasteiger partial charge in [0, 0.05) is 31.0 Å². The van der Waals surface area contributed by atoms with Gasteiger partial charge >= 0.3 is 0 Å². The number of aryl methyl sites for hydroxylation is 1. The number of carbonyl (C=O) groups is 1. The van der Waals surface area contributed by atoms with Crippen LogP contribution in [0.25, 0.3) is 11.3 Å². The van der Waals surface area contributed by atoms with Crippen LogP contribution in [0, 0.1) is 0 Å². The zero-order chi connectivity index (χ0) is 19.9. The van der Waals surface area contributed by atoms with E-state index in [1.807, 2.05) is 24.5 Å². The van der Waals surface area contributed by atoms with Gasteiger partial charge in [0.2, 0.25) is 5.75 Å². The highest BCUT2D eigenvalue weighted by Gasteiger charge is 2.17. The van der Waals surface area contributed by atoms with Gasteiger partial charge in [0.05, 0.1) is 27.0 Å². The molecule has 2 N–H and O–H groups in total. The minimum Gasteiger partial charge on any atom is -0.493 e. The maximum Gasteiger partial charge on any atom is 0.269 e. The summed E-state index contributed by atoms with van der Waals surface area (Å²) in [5.74, 6) is 1.36. The molecular weight excluding hydrogens is 360 g/mol. The first kappa shape index (κ1) is 19.3. The molecule has 0 saturated carbocycles. The Balaban J connectivity index is 1.66. The summed E-state index contributed by atoms with van der Waals surface area (Å²) in [6, 6.07) is 9.23. The zero-order valence-electron chi connectivity index (χ0n) is 16.2. The molecule has 2 heterocycles. The van der Waals surface area contributed by atoms with Crippen molar-refractivity contribution in [3.63, 3.8) is 0 Å². The van der Waals surface area contributed by atoms with E-state index in [9.17, 15) is 4.79 Å². The standard InChI is InChI=1S/C20H24N4O4/c1-26-17-11-14(12-18(27-2)19(17)28-3)15-13-16(23-22-15)20(25)21-7-6-10-24-8-4-5-9-24/h4-5,8-9,11-13H,6-7,10H2,1-3H3,(H,21,25)(H,22,23). The highest BCUT2D eigenvalue weighted by atomic mass is 16.5. The predicted molar refractivity (Wildman–Crippen MR) is 105 cm³/mol. The van der Waals surface area contributed by atoms with Crippen molar-refractivity contribution in [1.82, 2.24) is 20.1 Å². The molecule has 0 aliphatic heterocycles. The highest BCUT2D eigenvalue weighted by molar-refractivity contribution is 5.93. The Morgan fingerprint density at radius 3 is 2.36 bits per heavy atom. The number of H-pyrrole nitrogens is 1. The number of ether oxygens (including phenoxy) is 3. The van der Waals surface area contributed by atoms with Gasteiger partial charge in [-0.3, -0.25) is 9.89 Å². The predicted octanol–water partition coefficient (Wildman–Crippen LogP) is 2.72. The van der Waals surface area contributed by atoms with Crippen LogP contribution in [-0.4, -0.2) is 48.5 Å². The number of methoxy groups -OCH3 is 3. The fourth-order valence-electron chi connectivity index (χ4n) is 2.89. The van der Waals surface area contributed by atoms with Crippen LogP contribution in [0.1, 0.15) is 16.9 Å². The fraction of sp³-hybridized carbons (Fsp3) is 0.300. The summed E-state index contributed by atoms with van der Waals surface area (Å²) in [4.78, 5) is 12.3. The van der Waals surface area contributed by atoms with Gasteiger partial charge in [0.25, 0.3) is 5.91 Å². The molecule has 0 bridgehead atoms. The summed E-state index contributed by atoms with van der Waals surface area (Å²) in [6.07, 6.45) is 4.84. The van der Waals surface area contributed by atoms with Crippen LogP contribution in [0.5, 0.6) is 17.2 Å². The number of rotatable bonds is 9. The second kappa shape index (κ2) is 8.98. The van der Waals surface area contributed by atoms with Gasteiger partial charge in [-0.05, 0) is 36.8 Å². The Hall–Kier alpha value is -3.42. The summed E-state index contributed by atoms with van der Waals surface area (Å²) in [5, 5.41) is 9.92. The Morgan fingerprint density at radius 1 is 1.07 bits per heavy atom. The van der Waals surface area contributed by atoms with E-state index in [0.717, 1.165) is 18.5 Å². The second-order valence-corrected chi connectivity index (χ2v) is 6.11. The normalized spacial score (nSPS) is 10.5. The molecule has 8 heteroatoms. The molecule has 28 heavy (non-hydrogen) atoms. The Kier molecular flexibility index (Phi) is 6.21. The van der Waals surface area contributed by atoms with Crippen molar-refractivity contribution in [2.24, 2.45) is 0 Å². The molecule has 0 saturated heterocycles. The van der Waals surface area contributed by atoms with Crippen LogP contribution in [-0.2, 0) is 6.54 Å². The van der Waals surface area contributed by atoms with E-state index < -0.39 is 0 Å². The summed E-state index contributed by atoms with van der Waals surface area (Å²) in [6.45, 7) is 1.43. The lowest BCUT2D eigenvalue weighted by molar-refractivity contribution is 0.0947. The van der Waals surface area contributed by atoms with E-state index in [0.29, 0.717) is 35.2 Å². The van der Waals surface area contributed by atoms with Crippen LogP contribution in [0.15, 0.2) is 42.7 Å². The third kappa shape index (κ3) is 4.28. The van der Waals surface area contributed by atoms with Crippen molar-refractivity contribution in [2.45, 2.75) is 13.0 Å². The van der Waals surface area contributed by atoms with Gasteiger partial charge in [-0.25, -0.2) is 0 Å². The lowest BCUT2D eigenvalue weighted by atomic mass is 10.1. The van der Waals surface area contributed by atoms with E-state index in [1.165, 1.54) is 0 Å². The molecule has 0 aliphatic rings. The Labute approximate surface area is 163 Å².